The minimum absolute atomic E-state index is 0.0975. The highest BCUT2D eigenvalue weighted by molar-refractivity contribution is 7.13. The molecule has 0 radical (unpaired) electrons. The van der Waals surface area contributed by atoms with Crippen LogP contribution in [0.5, 0.6) is 0 Å². The second-order valence-corrected chi connectivity index (χ2v) is 6.12. The molecule has 124 valence electrons. The van der Waals surface area contributed by atoms with Crippen molar-refractivity contribution >= 4 is 27.9 Å². The first-order valence-electron chi connectivity index (χ1n) is 7.24. The molecule has 0 fully saturated rings. The normalized spacial score (nSPS) is 11.0. The highest BCUT2D eigenvalue weighted by Crippen LogP contribution is 2.24. The molecule has 0 aliphatic carbocycles. The molecule has 25 heavy (non-hydrogen) atoms. The van der Waals surface area contributed by atoms with Crippen LogP contribution in [-0.2, 0) is 6.54 Å². The standard InChI is InChI=1S/C16H10N4O4S/c21-16-12-4-3-11(20(22)23)6-13(12)17-9-19(16)7-10-8-25-15(18-10)14-2-1-5-24-14/h1-6,8-9H,7H2. The maximum atomic E-state index is 12.6. The van der Waals surface area contributed by atoms with E-state index in [2.05, 4.69) is 9.97 Å². The predicted octanol–water partition coefficient (Wildman–Crippen LogP) is 3.07. The van der Waals surface area contributed by atoms with E-state index in [0.29, 0.717) is 22.4 Å². The van der Waals surface area contributed by atoms with Crippen molar-refractivity contribution in [2.45, 2.75) is 6.54 Å². The fourth-order valence-electron chi connectivity index (χ4n) is 2.44. The maximum absolute atomic E-state index is 12.6. The highest BCUT2D eigenvalue weighted by Gasteiger charge is 2.12. The number of benzene rings is 1. The van der Waals surface area contributed by atoms with Gasteiger partial charge in [0, 0.05) is 17.5 Å². The van der Waals surface area contributed by atoms with E-state index in [-0.39, 0.29) is 17.8 Å². The van der Waals surface area contributed by atoms with Gasteiger partial charge in [-0.2, -0.15) is 0 Å². The molecular formula is C16H10N4O4S. The molecule has 0 unspecified atom stereocenters. The minimum Gasteiger partial charge on any atom is -0.462 e. The molecule has 9 heteroatoms. The van der Waals surface area contributed by atoms with Crippen LogP contribution >= 0.6 is 11.3 Å². The maximum Gasteiger partial charge on any atom is 0.271 e. The molecule has 3 aromatic heterocycles. The summed E-state index contributed by atoms with van der Waals surface area (Å²) in [4.78, 5) is 31.5. The second kappa shape index (κ2) is 5.95. The van der Waals surface area contributed by atoms with Crippen molar-refractivity contribution in [3.05, 3.63) is 74.5 Å². The van der Waals surface area contributed by atoms with Crippen LogP contribution in [0, 0.1) is 10.1 Å². The molecule has 0 aliphatic rings. The van der Waals surface area contributed by atoms with Crippen LogP contribution in [-0.4, -0.2) is 19.5 Å². The summed E-state index contributed by atoms with van der Waals surface area (Å²) in [5, 5.41) is 13.7. The van der Waals surface area contributed by atoms with Gasteiger partial charge in [-0.25, -0.2) is 9.97 Å². The van der Waals surface area contributed by atoms with E-state index in [1.54, 1.807) is 12.3 Å². The lowest BCUT2D eigenvalue weighted by atomic mass is 10.2. The molecule has 3 heterocycles. The monoisotopic (exact) mass is 354 g/mol. The van der Waals surface area contributed by atoms with Crippen molar-refractivity contribution < 1.29 is 9.34 Å². The lowest BCUT2D eigenvalue weighted by Gasteiger charge is -2.04. The number of hydrogen-bond donors (Lipinski definition) is 0. The first-order valence-corrected chi connectivity index (χ1v) is 8.11. The molecular weight excluding hydrogens is 344 g/mol. The van der Waals surface area contributed by atoms with Crippen molar-refractivity contribution in [3.63, 3.8) is 0 Å². The van der Waals surface area contributed by atoms with E-state index in [0.717, 1.165) is 5.01 Å². The van der Waals surface area contributed by atoms with Gasteiger partial charge >= 0.3 is 0 Å². The van der Waals surface area contributed by atoms with Gasteiger partial charge in [0.25, 0.3) is 11.2 Å². The summed E-state index contributed by atoms with van der Waals surface area (Å²) < 4.78 is 6.73. The molecule has 0 amide bonds. The number of fused-ring (bicyclic) bond motifs is 1. The van der Waals surface area contributed by atoms with Gasteiger partial charge in [-0.05, 0) is 18.2 Å². The van der Waals surface area contributed by atoms with E-state index < -0.39 is 4.92 Å². The molecule has 4 rings (SSSR count). The Hall–Kier alpha value is -3.33. The fourth-order valence-corrected chi connectivity index (χ4v) is 3.22. The summed E-state index contributed by atoms with van der Waals surface area (Å²) in [6.45, 7) is 0.260. The van der Waals surface area contributed by atoms with E-state index >= 15 is 0 Å². The Morgan fingerprint density at radius 3 is 2.96 bits per heavy atom. The zero-order chi connectivity index (χ0) is 17.4. The molecule has 0 saturated carbocycles. The van der Waals surface area contributed by atoms with Crippen LogP contribution in [0.25, 0.3) is 21.7 Å². The van der Waals surface area contributed by atoms with Crippen LogP contribution < -0.4 is 5.56 Å². The fraction of sp³-hybridized carbons (Fsp3) is 0.0625. The predicted molar refractivity (Wildman–Crippen MR) is 91.6 cm³/mol. The van der Waals surface area contributed by atoms with Crippen LogP contribution in [0.2, 0.25) is 0 Å². The lowest BCUT2D eigenvalue weighted by molar-refractivity contribution is -0.384. The molecule has 0 atom stereocenters. The number of aromatic nitrogens is 3. The Labute approximate surface area is 144 Å². The Bertz CT molecular complexity index is 1130. The Morgan fingerprint density at radius 2 is 2.20 bits per heavy atom. The van der Waals surface area contributed by atoms with Gasteiger partial charge < -0.3 is 4.42 Å². The number of furan rings is 1. The van der Waals surface area contributed by atoms with E-state index in [1.165, 1.54) is 40.4 Å². The van der Waals surface area contributed by atoms with Crippen molar-refractivity contribution in [3.8, 4) is 10.8 Å². The summed E-state index contributed by atoms with van der Waals surface area (Å²) in [5.74, 6) is 0.674. The van der Waals surface area contributed by atoms with E-state index in [9.17, 15) is 14.9 Å². The van der Waals surface area contributed by atoms with Gasteiger partial charge in [-0.1, -0.05) is 0 Å². The molecule has 0 spiro atoms. The number of rotatable bonds is 4. The lowest BCUT2D eigenvalue weighted by Crippen LogP contribution is -2.21. The number of non-ortho nitro benzene ring substituents is 1. The molecule has 4 aromatic rings. The average molecular weight is 354 g/mol. The van der Waals surface area contributed by atoms with Gasteiger partial charge in [-0.15, -0.1) is 11.3 Å². The number of hydrogen-bond acceptors (Lipinski definition) is 7. The third kappa shape index (κ3) is 2.81. The Morgan fingerprint density at radius 1 is 1.32 bits per heavy atom. The molecule has 0 saturated heterocycles. The van der Waals surface area contributed by atoms with Crippen molar-refractivity contribution in [1.29, 1.82) is 0 Å². The van der Waals surface area contributed by atoms with Crippen molar-refractivity contribution in [1.82, 2.24) is 14.5 Å². The highest BCUT2D eigenvalue weighted by atomic mass is 32.1. The number of nitrogens with zero attached hydrogens (tertiary/aromatic N) is 4. The van der Waals surface area contributed by atoms with E-state index in [4.69, 9.17) is 4.42 Å². The number of nitro benzene ring substituents is 1. The summed E-state index contributed by atoms with van der Waals surface area (Å²) in [5.41, 5.74) is 0.638. The third-order valence-electron chi connectivity index (χ3n) is 3.64. The molecule has 8 nitrogen and oxygen atoms in total. The van der Waals surface area contributed by atoms with Gasteiger partial charge in [0.05, 0.1) is 40.7 Å². The van der Waals surface area contributed by atoms with Crippen LogP contribution in [0.4, 0.5) is 5.69 Å². The molecule has 0 bridgehead atoms. The van der Waals surface area contributed by atoms with Gasteiger partial charge in [0.2, 0.25) is 0 Å². The zero-order valence-electron chi connectivity index (χ0n) is 12.7. The van der Waals surface area contributed by atoms with Crippen LogP contribution in [0.1, 0.15) is 5.69 Å². The summed E-state index contributed by atoms with van der Waals surface area (Å²) in [6.07, 6.45) is 2.95. The van der Waals surface area contributed by atoms with E-state index in [1.807, 2.05) is 11.4 Å². The van der Waals surface area contributed by atoms with Crippen molar-refractivity contribution in [2.75, 3.05) is 0 Å². The Kier molecular flexibility index (Phi) is 3.62. The van der Waals surface area contributed by atoms with Crippen LogP contribution in [0.15, 0.2) is 57.5 Å². The number of nitro groups is 1. The summed E-state index contributed by atoms with van der Waals surface area (Å²) in [6, 6.07) is 7.62. The molecule has 0 aliphatic heterocycles. The molecule has 1 aromatic carbocycles. The average Bonchev–Trinajstić information content (AvgIpc) is 3.28. The number of thiazole rings is 1. The zero-order valence-corrected chi connectivity index (χ0v) is 13.5. The largest absolute Gasteiger partial charge is 0.462 e. The van der Waals surface area contributed by atoms with Crippen LogP contribution in [0.3, 0.4) is 0 Å². The summed E-state index contributed by atoms with van der Waals surface area (Å²) in [7, 11) is 0. The first-order chi connectivity index (χ1) is 12.1. The quantitative estimate of drug-likeness (QED) is 0.412. The van der Waals surface area contributed by atoms with Crippen molar-refractivity contribution in [2.24, 2.45) is 0 Å². The smallest absolute Gasteiger partial charge is 0.271 e. The minimum atomic E-state index is -0.516. The second-order valence-electron chi connectivity index (χ2n) is 5.26. The SMILES string of the molecule is O=c1c2ccc([N+](=O)[O-])cc2ncn1Cc1csc(-c2ccco2)n1. The van der Waals surface area contributed by atoms with Gasteiger partial charge in [0.15, 0.2) is 10.8 Å². The summed E-state index contributed by atoms with van der Waals surface area (Å²) >= 11 is 1.43. The third-order valence-corrected chi connectivity index (χ3v) is 4.54. The topological polar surface area (TPSA) is 104 Å². The first kappa shape index (κ1) is 15.2. The van der Waals surface area contributed by atoms with Gasteiger partial charge in [0.1, 0.15) is 0 Å². The molecule has 0 N–H and O–H groups in total. The Balaban J connectivity index is 1.68. The van der Waals surface area contributed by atoms with Gasteiger partial charge in [-0.3, -0.25) is 19.5 Å².